The summed E-state index contributed by atoms with van der Waals surface area (Å²) in [5, 5.41) is 10.9. The van der Waals surface area contributed by atoms with Gasteiger partial charge in [-0.3, -0.25) is 4.79 Å². The molecule has 1 aliphatic rings. The SMILES string of the molecule is COc1ccc(NC(=O)COn2nnc3ccc(S(=O)(=O)N4CCCC(C)C4)cc32)cc1Cl. The van der Waals surface area contributed by atoms with Crippen LogP contribution in [0.4, 0.5) is 5.69 Å². The number of piperidine rings is 1. The second-order valence-electron chi connectivity index (χ2n) is 7.89. The van der Waals surface area contributed by atoms with Crippen LogP contribution in [0.25, 0.3) is 11.0 Å². The number of amides is 1. The lowest BCUT2D eigenvalue weighted by atomic mass is 10.0. The van der Waals surface area contributed by atoms with Gasteiger partial charge in [0.1, 0.15) is 16.8 Å². The first-order chi connectivity index (χ1) is 15.8. The van der Waals surface area contributed by atoms with Crippen molar-refractivity contribution in [2.45, 2.75) is 24.7 Å². The zero-order valence-electron chi connectivity index (χ0n) is 18.2. The molecule has 33 heavy (non-hydrogen) atoms. The number of hydrogen-bond acceptors (Lipinski definition) is 7. The van der Waals surface area contributed by atoms with Gasteiger partial charge in [-0.25, -0.2) is 8.42 Å². The Bertz CT molecular complexity index is 1280. The van der Waals surface area contributed by atoms with Crippen molar-refractivity contribution in [2.24, 2.45) is 5.92 Å². The van der Waals surface area contributed by atoms with E-state index in [1.54, 1.807) is 24.3 Å². The van der Waals surface area contributed by atoms with Gasteiger partial charge in [-0.1, -0.05) is 23.4 Å². The molecular formula is C21H24ClN5O5S. The van der Waals surface area contributed by atoms with Crippen molar-refractivity contribution < 1.29 is 22.8 Å². The Kier molecular flexibility index (Phi) is 6.73. The molecule has 10 nitrogen and oxygen atoms in total. The third-order valence-electron chi connectivity index (χ3n) is 5.40. The zero-order chi connectivity index (χ0) is 23.6. The van der Waals surface area contributed by atoms with Crippen molar-refractivity contribution >= 4 is 44.3 Å². The molecule has 1 unspecified atom stereocenters. The second-order valence-corrected chi connectivity index (χ2v) is 10.2. The summed E-state index contributed by atoms with van der Waals surface area (Å²) in [5.41, 5.74) is 1.27. The van der Waals surface area contributed by atoms with Gasteiger partial charge in [0, 0.05) is 18.8 Å². The molecule has 3 aromatic rings. The standard InChI is InChI=1S/C21H24ClN5O5S/c1-14-4-3-9-26(12-14)33(29,30)16-6-7-18-19(11-16)27(25-24-18)32-13-21(28)23-15-5-8-20(31-2)17(22)10-15/h5-8,10-11,14H,3-4,9,12-13H2,1-2H3,(H,23,28). The molecule has 1 amide bonds. The number of anilines is 1. The molecule has 1 atom stereocenters. The van der Waals surface area contributed by atoms with Gasteiger partial charge >= 0.3 is 0 Å². The normalized spacial score (nSPS) is 17.1. The lowest BCUT2D eigenvalue weighted by molar-refractivity contribution is -0.121. The predicted octanol–water partition coefficient (Wildman–Crippen LogP) is 2.58. The molecule has 0 saturated carbocycles. The number of rotatable bonds is 7. The Morgan fingerprint density at radius 3 is 2.82 bits per heavy atom. The molecule has 1 N–H and O–H groups in total. The first-order valence-electron chi connectivity index (χ1n) is 10.4. The van der Waals surface area contributed by atoms with Crippen LogP contribution in [0.2, 0.25) is 5.02 Å². The van der Waals surface area contributed by atoms with E-state index >= 15 is 0 Å². The smallest absolute Gasteiger partial charge is 0.265 e. The molecule has 2 aromatic carbocycles. The first kappa shape index (κ1) is 23.3. The maximum atomic E-state index is 13.1. The van der Waals surface area contributed by atoms with E-state index in [9.17, 15) is 13.2 Å². The molecular weight excluding hydrogens is 470 g/mol. The van der Waals surface area contributed by atoms with Crippen LogP contribution in [-0.2, 0) is 14.8 Å². The van der Waals surface area contributed by atoms with E-state index < -0.39 is 15.9 Å². The number of ether oxygens (including phenoxy) is 1. The van der Waals surface area contributed by atoms with Crippen LogP contribution in [0.3, 0.4) is 0 Å². The highest BCUT2D eigenvalue weighted by molar-refractivity contribution is 7.89. The molecule has 1 fully saturated rings. The van der Waals surface area contributed by atoms with E-state index in [0.717, 1.165) is 17.7 Å². The summed E-state index contributed by atoms with van der Waals surface area (Å²) < 4.78 is 32.8. The maximum Gasteiger partial charge on any atom is 0.265 e. The van der Waals surface area contributed by atoms with Gasteiger partial charge in [-0.2, -0.15) is 4.31 Å². The van der Waals surface area contributed by atoms with Crippen molar-refractivity contribution in [3.63, 3.8) is 0 Å². The Labute approximate surface area is 196 Å². The minimum Gasteiger partial charge on any atom is -0.495 e. The number of methoxy groups -OCH3 is 1. The second kappa shape index (κ2) is 9.54. The fourth-order valence-electron chi connectivity index (χ4n) is 3.71. The van der Waals surface area contributed by atoms with Crippen LogP contribution < -0.4 is 14.9 Å². The topological polar surface area (TPSA) is 116 Å². The van der Waals surface area contributed by atoms with Gasteiger partial charge in [0.05, 0.1) is 17.0 Å². The van der Waals surface area contributed by atoms with Crippen molar-refractivity contribution in [2.75, 3.05) is 32.1 Å². The summed E-state index contributed by atoms with van der Waals surface area (Å²) in [6, 6.07) is 9.38. The maximum absolute atomic E-state index is 13.1. The molecule has 4 rings (SSSR count). The zero-order valence-corrected chi connectivity index (χ0v) is 19.8. The van der Waals surface area contributed by atoms with Crippen LogP contribution in [0.15, 0.2) is 41.3 Å². The molecule has 1 aromatic heterocycles. The van der Waals surface area contributed by atoms with E-state index in [2.05, 4.69) is 15.6 Å². The quantitative estimate of drug-likeness (QED) is 0.537. The molecule has 176 valence electrons. The van der Waals surface area contributed by atoms with Crippen molar-refractivity contribution in [1.29, 1.82) is 0 Å². The number of hydrogen-bond donors (Lipinski definition) is 1. The molecule has 2 heterocycles. The number of sulfonamides is 1. The Morgan fingerprint density at radius 2 is 2.09 bits per heavy atom. The largest absolute Gasteiger partial charge is 0.495 e. The van der Waals surface area contributed by atoms with Crippen LogP contribution in [-0.4, -0.2) is 60.6 Å². The molecule has 12 heteroatoms. The van der Waals surface area contributed by atoms with Gasteiger partial charge in [0.25, 0.3) is 5.91 Å². The Morgan fingerprint density at radius 1 is 1.27 bits per heavy atom. The van der Waals surface area contributed by atoms with Gasteiger partial charge in [-0.05, 0) is 60.4 Å². The summed E-state index contributed by atoms with van der Waals surface area (Å²) >= 11 is 6.07. The lowest BCUT2D eigenvalue weighted by Gasteiger charge is -2.30. The minimum absolute atomic E-state index is 0.133. The predicted molar refractivity (Wildman–Crippen MR) is 123 cm³/mol. The average Bonchev–Trinajstić information content (AvgIpc) is 3.20. The fraction of sp³-hybridized carbons (Fsp3) is 0.381. The van der Waals surface area contributed by atoms with E-state index in [1.807, 2.05) is 6.92 Å². The van der Waals surface area contributed by atoms with E-state index in [-0.39, 0.29) is 11.5 Å². The molecule has 0 bridgehead atoms. The van der Waals surface area contributed by atoms with Crippen molar-refractivity contribution in [3.8, 4) is 5.75 Å². The highest BCUT2D eigenvalue weighted by atomic mass is 35.5. The van der Waals surface area contributed by atoms with Crippen molar-refractivity contribution in [3.05, 3.63) is 41.4 Å². The molecule has 1 saturated heterocycles. The van der Waals surface area contributed by atoms with Crippen LogP contribution in [0.1, 0.15) is 19.8 Å². The number of benzene rings is 2. The van der Waals surface area contributed by atoms with Crippen molar-refractivity contribution in [1.82, 2.24) is 19.5 Å². The molecule has 0 aliphatic carbocycles. The highest BCUT2D eigenvalue weighted by Gasteiger charge is 2.29. The van der Waals surface area contributed by atoms with Gasteiger partial charge in [-0.15, -0.1) is 5.10 Å². The van der Waals surface area contributed by atoms with E-state index in [0.29, 0.717) is 46.5 Å². The Balaban J connectivity index is 1.47. The van der Waals surface area contributed by atoms with Crippen LogP contribution in [0.5, 0.6) is 5.75 Å². The van der Waals surface area contributed by atoms with Gasteiger partial charge < -0.3 is 14.9 Å². The number of aromatic nitrogens is 3. The summed E-state index contributed by atoms with van der Waals surface area (Å²) in [6.07, 6.45) is 1.85. The highest BCUT2D eigenvalue weighted by Crippen LogP contribution is 2.27. The monoisotopic (exact) mass is 493 g/mol. The van der Waals surface area contributed by atoms with E-state index in [1.165, 1.54) is 23.5 Å². The summed E-state index contributed by atoms with van der Waals surface area (Å²) in [4.78, 5) is 18.9. The number of nitrogens with one attached hydrogen (secondary N) is 1. The van der Waals surface area contributed by atoms with Gasteiger partial charge in [0.15, 0.2) is 6.61 Å². The molecule has 1 aliphatic heterocycles. The fourth-order valence-corrected chi connectivity index (χ4v) is 5.59. The van der Waals surface area contributed by atoms with E-state index in [4.69, 9.17) is 21.2 Å². The minimum atomic E-state index is -3.66. The summed E-state index contributed by atoms with van der Waals surface area (Å²) in [7, 11) is -2.16. The number of halogens is 1. The van der Waals surface area contributed by atoms with Crippen LogP contribution in [0, 0.1) is 5.92 Å². The number of carbonyl (C=O) groups excluding carboxylic acids is 1. The molecule has 0 spiro atoms. The Hall–Kier alpha value is -2.89. The summed E-state index contributed by atoms with van der Waals surface area (Å²) in [5.74, 6) is 0.350. The number of fused-ring (bicyclic) bond motifs is 1. The third kappa shape index (κ3) is 5.05. The van der Waals surface area contributed by atoms with Crippen LogP contribution >= 0.6 is 11.6 Å². The first-order valence-corrected chi connectivity index (χ1v) is 12.2. The molecule has 0 radical (unpaired) electrons. The van der Waals surface area contributed by atoms with Gasteiger partial charge in [0.2, 0.25) is 10.0 Å². The third-order valence-corrected chi connectivity index (χ3v) is 7.55. The lowest BCUT2D eigenvalue weighted by Crippen LogP contribution is -2.39. The summed E-state index contributed by atoms with van der Waals surface area (Å²) in [6.45, 7) is 2.66. The number of carbonyl (C=O) groups is 1. The average molecular weight is 494 g/mol. The number of nitrogens with zero attached hydrogens (tertiary/aromatic N) is 4.